The summed E-state index contributed by atoms with van der Waals surface area (Å²) in [4.78, 5) is 2.32. The van der Waals surface area contributed by atoms with Crippen molar-refractivity contribution in [3.05, 3.63) is 27.7 Å². The van der Waals surface area contributed by atoms with Crippen molar-refractivity contribution in [2.45, 2.75) is 40.2 Å². The summed E-state index contributed by atoms with van der Waals surface area (Å²) in [6.07, 6.45) is 2.35. The predicted octanol–water partition coefficient (Wildman–Crippen LogP) is 4.96. The number of nitrogens with zero attached hydrogens (tertiary/aromatic N) is 1. The fourth-order valence-corrected chi connectivity index (χ4v) is 2.73. The third kappa shape index (κ3) is 4.87. The molecule has 1 aromatic rings. The van der Waals surface area contributed by atoms with Gasteiger partial charge in [-0.2, -0.15) is 0 Å². The quantitative estimate of drug-likeness (QED) is 0.770. The number of phenols is 1. The van der Waals surface area contributed by atoms with Crippen LogP contribution in [0.1, 0.15) is 39.2 Å². The highest BCUT2D eigenvalue weighted by molar-refractivity contribution is 6.35. The van der Waals surface area contributed by atoms with Crippen LogP contribution in [-0.2, 0) is 6.54 Å². The zero-order chi connectivity index (χ0) is 14.4. The van der Waals surface area contributed by atoms with Crippen molar-refractivity contribution in [2.24, 2.45) is 5.92 Å². The summed E-state index contributed by atoms with van der Waals surface area (Å²) in [5, 5.41) is 10.9. The molecular weight excluding hydrogens is 281 g/mol. The van der Waals surface area contributed by atoms with Crippen LogP contribution >= 0.6 is 23.2 Å². The zero-order valence-electron chi connectivity index (χ0n) is 11.9. The largest absolute Gasteiger partial charge is 0.506 e. The predicted molar refractivity (Wildman–Crippen MR) is 83.1 cm³/mol. The lowest BCUT2D eigenvalue weighted by molar-refractivity contribution is 0.224. The minimum Gasteiger partial charge on any atom is -0.506 e. The molecule has 2 nitrogen and oxygen atoms in total. The first kappa shape index (κ1) is 16.6. The summed E-state index contributed by atoms with van der Waals surface area (Å²) in [6.45, 7) is 9.23. The Bertz CT molecular complexity index is 405. The molecule has 0 aliphatic heterocycles. The van der Waals surface area contributed by atoms with Crippen molar-refractivity contribution in [1.82, 2.24) is 4.90 Å². The normalized spacial score (nSPS) is 11.5. The van der Waals surface area contributed by atoms with E-state index >= 15 is 0 Å². The van der Waals surface area contributed by atoms with Gasteiger partial charge in [-0.25, -0.2) is 0 Å². The number of aromatic hydroxyl groups is 1. The summed E-state index contributed by atoms with van der Waals surface area (Å²) in [5.74, 6) is 0.839. The molecule has 0 radical (unpaired) electrons. The molecule has 19 heavy (non-hydrogen) atoms. The van der Waals surface area contributed by atoms with Crippen molar-refractivity contribution in [3.8, 4) is 5.75 Å². The second-order valence-corrected chi connectivity index (χ2v) is 5.75. The number of rotatable bonds is 7. The smallest absolute Gasteiger partial charge is 0.138 e. The van der Waals surface area contributed by atoms with Crippen LogP contribution in [0.3, 0.4) is 0 Å². The lowest BCUT2D eigenvalue weighted by Gasteiger charge is -2.25. The van der Waals surface area contributed by atoms with E-state index in [0.29, 0.717) is 22.5 Å². The van der Waals surface area contributed by atoms with Gasteiger partial charge < -0.3 is 5.11 Å². The summed E-state index contributed by atoms with van der Waals surface area (Å²) in [7, 11) is 0. The van der Waals surface area contributed by atoms with E-state index in [2.05, 4.69) is 25.7 Å². The Morgan fingerprint density at radius 3 is 2.32 bits per heavy atom. The third-order valence-corrected chi connectivity index (χ3v) is 4.13. The summed E-state index contributed by atoms with van der Waals surface area (Å²) < 4.78 is 0. The maximum Gasteiger partial charge on any atom is 0.138 e. The SMILES string of the molecule is CCC(CC)CN(CC)Cc1cc(Cl)cc(Cl)c1O. The van der Waals surface area contributed by atoms with E-state index in [9.17, 15) is 5.11 Å². The molecule has 0 aliphatic carbocycles. The molecule has 0 atom stereocenters. The van der Waals surface area contributed by atoms with E-state index in [0.717, 1.165) is 18.7 Å². The molecule has 108 valence electrons. The van der Waals surface area contributed by atoms with E-state index < -0.39 is 0 Å². The Hall–Kier alpha value is -0.440. The summed E-state index contributed by atoms with van der Waals surface area (Å²) in [6, 6.07) is 3.36. The van der Waals surface area contributed by atoms with E-state index in [-0.39, 0.29) is 5.75 Å². The van der Waals surface area contributed by atoms with Crippen molar-refractivity contribution < 1.29 is 5.11 Å². The van der Waals surface area contributed by atoms with Gasteiger partial charge in [0.05, 0.1) is 5.02 Å². The van der Waals surface area contributed by atoms with Gasteiger partial charge in [0.2, 0.25) is 0 Å². The van der Waals surface area contributed by atoms with Crippen LogP contribution in [0.2, 0.25) is 10.0 Å². The van der Waals surface area contributed by atoms with Crippen molar-refractivity contribution in [2.75, 3.05) is 13.1 Å². The third-order valence-electron chi connectivity index (χ3n) is 3.62. The second-order valence-electron chi connectivity index (χ2n) is 4.91. The lowest BCUT2D eigenvalue weighted by Crippen LogP contribution is -2.28. The number of phenolic OH excluding ortho intramolecular Hbond substituents is 1. The number of halogens is 2. The first-order valence-electron chi connectivity index (χ1n) is 6.90. The Balaban J connectivity index is 2.81. The topological polar surface area (TPSA) is 23.5 Å². The molecule has 0 bridgehead atoms. The van der Waals surface area contributed by atoms with Crippen LogP contribution in [0.5, 0.6) is 5.75 Å². The lowest BCUT2D eigenvalue weighted by atomic mass is 10.0. The molecule has 4 heteroatoms. The fourth-order valence-electron chi connectivity index (χ4n) is 2.20. The van der Waals surface area contributed by atoms with E-state index in [1.54, 1.807) is 12.1 Å². The molecular formula is C15H23Cl2NO. The van der Waals surface area contributed by atoms with Crippen LogP contribution in [0.4, 0.5) is 0 Å². The van der Waals surface area contributed by atoms with Crippen molar-refractivity contribution >= 4 is 23.2 Å². The summed E-state index contributed by atoms with van der Waals surface area (Å²) >= 11 is 11.9. The Labute approximate surface area is 126 Å². The van der Waals surface area contributed by atoms with Gasteiger partial charge in [-0.3, -0.25) is 4.90 Å². The maximum atomic E-state index is 10.00. The molecule has 1 rings (SSSR count). The first-order valence-corrected chi connectivity index (χ1v) is 7.66. The van der Waals surface area contributed by atoms with Gasteiger partial charge in [0.15, 0.2) is 0 Å². The van der Waals surface area contributed by atoms with E-state index in [4.69, 9.17) is 23.2 Å². The van der Waals surface area contributed by atoms with E-state index in [1.807, 2.05) is 0 Å². The molecule has 1 aromatic carbocycles. The highest BCUT2D eigenvalue weighted by Crippen LogP contribution is 2.32. The molecule has 1 N–H and O–H groups in total. The Kier molecular flexibility index (Phi) is 6.98. The molecule has 0 aromatic heterocycles. The minimum absolute atomic E-state index is 0.147. The monoisotopic (exact) mass is 303 g/mol. The molecule has 0 amide bonds. The highest BCUT2D eigenvalue weighted by atomic mass is 35.5. The van der Waals surface area contributed by atoms with Gasteiger partial charge in [-0.05, 0) is 24.6 Å². The molecule has 0 unspecified atom stereocenters. The van der Waals surface area contributed by atoms with Gasteiger partial charge in [-0.1, -0.05) is 56.8 Å². The van der Waals surface area contributed by atoms with E-state index in [1.165, 1.54) is 12.8 Å². The maximum absolute atomic E-state index is 10.00. The second kappa shape index (κ2) is 7.98. The minimum atomic E-state index is 0.147. The Morgan fingerprint density at radius 2 is 1.79 bits per heavy atom. The van der Waals surface area contributed by atoms with Gasteiger partial charge in [0, 0.05) is 23.7 Å². The molecule has 0 spiro atoms. The Morgan fingerprint density at radius 1 is 1.16 bits per heavy atom. The van der Waals surface area contributed by atoms with Crippen LogP contribution in [0.15, 0.2) is 12.1 Å². The van der Waals surface area contributed by atoms with Gasteiger partial charge >= 0.3 is 0 Å². The van der Waals surface area contributed by atoms with Gasteiger partial charge in [-0.15, -0.1) is 0 Å². The molecule has 0 fully saturated rings. The fraction of sp³-hybridized carbons (Fsp3) is 0.600. The highest BCUT2D eigenvalue weighted by Gasteiger charge is 2.14. The molecule has 0 aliphatic rings. The molecule has 0 heterocycles. The van der Waals surface area contributed by atoms with Crippen LogP contribution in [-0.4, -0.2) is 23.1 Å². The van der Waals surface area contributed by atoms with Crippen LogP contribution < -0.4 is 0 Å². The van der Waals surface area contributed by atoms with Crippen molar-refractivity contribution in [1.29, 1.82) is 0 Å². The average molecular weight is 304 g/mol. The van der Waals surface area contributed by atoms with Gasteiger partial charge in [0.25, 0.3) is 0 Å². The molecule has 0 saturated carbocycles. The first-order chi connectivity index (χ1) is 9.01. The van der Waals surface area contributed by atoms with Crippen LogP contribution in [0, 0.1) is 5.92 Å². The standard InChI is InChI=1S/C15H23Cl2NO/c1-4-11(5-2)9-18(6-3)10-12-7-13(16)8-14(17)15(12)19/h7-8,11,19H,4-6,9-10H2,1-3H3. The number of benzene rings is 1. The average Bonchev–Trinajstić information content (AvgIpc) is 2.39. The van der Waals surface area contributed by atoms with Crippen LogP contribution in [0.25, 0.3) is 0 Å². The zero-order valence-corrected chi connectivity index (χ0v) is 13.4. The van der Waals surface area contributed by atoms with Crippen molar-refractivity contribution in [3.63, 3.8) is 0 Å². The number of hydrogen-bond donors (Lipinski definition) is 1. The summed E-state index contributed by atoms with van der Waals surface area (Å²) in [5.41, 5.74) is 0.797. The molecule has 0 saturated heterocycles. The van der Waals surface area contributed by atoms with Gasteiger partial charge in [0.1, 0.15) is 5.75 Å². The number of hydrogen-bond acceptors (Lipinski definition) is 2.